The zero-order valence-corrected chi connectivity index (χ0v) is 20.3. The predicted octanol–water partition coefficient (Wildman–Crippen LogP) is 3.06. The van der Waals surface area contributed by atoms with E-state index in [-0.39, 0.29) is 17.3 Å². The molecule has 0 N–H and O–H groups in total. The molecule has 0 atom stereocenters. The number of carbonyl (C=O) groups is 1. The number of benzene rings is 1. The van der Waals surface area contributed by atoms with Crippen LogP contribution in [0, 0.1) is 19.7 Å². The highest BCUT2D eigenvalue weighted by Gasteiger charge is 2.21. The molecule has 1 fully saturated rings. The highest BCUT2D eigenvalue weighted by molar-refractivity contribution is 7.15. The number of thiazole rings is 1. The van der Waals surface area contributed by atoms with Crippen molar-refractivity contribution in [2.75, 3.05) is 26.2 Å². The van der Waals surface area contributed by atoms with Gasteiger partial charge in [-0.05, 0) is 44.2 Å². The van der Waals surface area contributed by atoms with Gasteiger partial charge in [0.05, 0.1) is 17.1 Å². The van der Waals surface area contributed by atoms with Crippen LogP contribution in [0.3, 0.4) is 0 Å². The maximum absolute atomic E-state index is 13.3. The normalized spacial score (nSPS) is 14.9. The Kier molecular flexibility index (Phi) is 6.31. The van der Waals surface area contributed by atoms with Gasteiger partial charge in [-0.1, -0.05) is 0 Å². The van der Waals surface area contributed by atoms with E-state index in [4.69, 9.17) is 0 Å². The lowest BCUT2D eigenvalue weighted by Crippen LogP contribution is -2.48. The molecule has 5 rings (SSSR count). The second-order valence-corrected chi connectivity index (χ2v) is 9.42. The van der Waals surface area contributed by atoms with E-state index >= 15 is 0 Å². The molecule has 1 saturated heterocycles. The zero-order valence-electron chi connectivity index (χ0n) is 19.5. The zero-order chi connectivity index (χ0) is 24.5. The molecule has 0 saturated carbocycles. The molecule has 180 valence electrons. The van der Waals surface area contributed by atoms with E-state index in [1.54, 1.807) is 45.6 Å². The van der Waals surface area contributed by atoms with E-state index in [2.05, 4.69) is 15.0 Å². The Balaban J connectivity index is 1.21. The number of hydrogen-bond acceptors (Lipinski definition) is 6. The number of piperazine rings is 1. The lowest BCUT2D eigenvalue weighted by atomic mass is 10.1. The van der Waals surface area contributed by atoms with Gasteiger partial charge in [0.1, 0.15) is 5.82 Å². The van der Waals surface area contributed by atoms with Gasteiger partial charge < -0.3 is 4.90 Å². The summed E-state index contributed by atoms with van der Waals surface area (Å²) in [6.07, 6.45) is 5.13. The first-order valence-corrected chi connectivity index (χ1v) is 12.2. The molecule has 1 amide bonds. The number of aryl methyl sites for hydroxylation is 1. The molecular formula is C25H25FN6O2S. The first kappa shape index (κ1) is 23.1. The highest BCUT2D eigenvalue weighted by atomic mass is 32.1. The molecule has 0 aliphatic carbocycles. The van der Waals surface area contributed by atoms with Crippen LogP contribution in [0.1, 0.15) is 22.6 Å². The summed E-state index contributed by atoms with van der Waals surface area (Å²) in [6.45, 7) is 7.05. The fourth-order valence-corrected chi connectivity index (χ4v) is 5.05. The SMILES string of the molecule is Cc1nn(-c2ccc(F)cc2)c(C)c1/C=C/C(=O)N1CCN(Cc2cc(=O)n3ccsc3n2)CC1. The summed E-state index contributed by atoms with van der Waals surface area (Å²) < 4.78 is 16.6. The molecule has 0 bridgehead atoms. The number of amides is 1. The lowest BCUT2D eigenvalue weighted by Gasteiger charge is -2.34. The fraction of sp³-hybridized carbons (Fsp3) is 0.280. The lowest BCUT2D eigenvalue weighted by molar-refractivity contribution is -0.127. The fourth-order valence-electron chi connectivity index (χ4n) is 4.31. The van der Waals surface area contributed by atoms with E-state index in [9.17, 15) is 14.0 Å². The minimum absolute atomic E-state index is 0.0469. The molecule has 10 heteroatoms. The second-order valence-electron chi connectivity index (χ2n) is 8.55. The monoisotopic (exact) mass is 492 g/mol. The maximum atomic E-state index is 13.3. The third-order valence-electron chi connectivity index (χ3n) is 6.24. The molecule has 35 heavy (non-hydrogen) atoms. The van der Waals surface area contributed by atoms with Gasteiger partial charge >= 0.3 is 0 Å². The number of nitrogens with zero attached hydrogens (tertiary/aromatic N) is 6. The van der Waals surface area contributed by atoms with Crippen LogP contribution in [-0.4, -0.2) is 61.1 Å². The van der Waals surface area contributed by atoms with Crippen molar-refractivity contribution in [1.82, 2.24) is 29.0 Å². The minimum atomic E-state index is -0.296. The number of rotatable bonds is 5. The number of fused-ring (bicyclic) bond motifs is 1. The Bertz CT molecular complexity index is 1460. The summed E-state index contributed by atoms with van der Waals surface area (Å²) in [5, 5.41) is 6.40. The quantitative estimate of drug-likeness (QED) is 0.401. The average Bonchev–Trinajstić information content (AvgIpc) is 3.43. The summed E-state index contributed by atoms with van der Waals surface area (Å²) in [6, 6.07) is 7.74. The Hall–Kier alpha value is -3.63. The third kappa shape index (κ3) is 4.80. The van der Waals surface area contributed by atoms with Crippen LogP contribution in [0.4, 0.5) is 4.39 Å². The van der Waals surface area contributed by atoms with Crippen molar-refractivity contribution < 1.29 is 9.18 Å². The van der Waals surface area contributed by atoms with E-state index in [1.165, 1.54) is 23.5 Å². The molecule has 0 unspecified atom stereocenters. The first-order valence-electron chi connectivity index (χ1n) is 11.4. The van der Waals surface area contributed by atoms with E-state index in [0.29, 0.717) is 37.7 Å². The van der Waals surface area contributed by atoms with Gasteiger partial charge in [0.15, 0.2) is 4.96 Å². The standard InChI is InChI=1S/C25H25FN6O2S/c1-17-22(18(2)32(28-17)21-5-3-19(26)4-6-21)7-8-23(33)30-11-9-29(10-12-30)16-20-15-24(34)31-13-14-35-25(31)27-20/h3-8,13-15H,9-12,16H2,1-2H3/b8-7+. The van der Waals surface area contributed by atoms with Crippen LogP contribution in [0.2, 0.25) is 0 Å². The first-order chi connectivity index (χ1) is 16.9. The Morgan fingerprint density at radius 3 is 2.63 bits per heavy atom. The number of hydrogen-bond donors (Lipinski definition) is 0. The molecule has 4 heterocycles. The maximum Gasteiger partial charge on any atom is 0.258 e. The molecule has 1 aliphatic rings. The third-order valence-corrected chi connectivity index (χ3v) is 6.99. The van der Waals surface area contributed by atoms with Gasteiger partial charge in [-0.15, -0.1) is 11.3 Å². The van der Waals surface area contributed by atoms with Crippen LogP contribution < -0.4 is 5.56 Å². The van der Waals surface area contributed by atoms with Crippen molar-refractivity contribution in [1.29, 1.82) is 0 Å². The summed E-state index contributed by atoms with van der Waals surface area (Å²) in [5.74, 6) is -0.343. The summed E-state index contributed by atoms with van der Waals surface area (Å²) >= 11 is 1.44. The number of aromatic nitrogens is 4. The van der Waals surface area contributed by atoms with Gasteiger partial charge in [-0.2, -0.15) is 5.10 Å². The minimum Gasteiger partial charge on any atom is -0.337 e. The van der Waals surface area contributed by atoms with Crippen molar-refractivity contribution in [3.8, 4) is 5.69 Å². The molecule has 0 radical (unpaired) electrons. The molecular weight excluding hydrogens is 467 g/mol. The van der Waals surface area contributed by atoms with Crippen molar-refractivity contribution in [3.63, 3.8) is 0 Å². The summed E-state index contributed by atoms with van der Waals surface area (Å²) in [4.78, 5) is 34.3. The van der Waals surface area contributed by atoms with E-state index in [0.717, 1.165) is 28.3 Å². The Morgan fingerprint density at radius 1 is 1.14 bits per heavy atom. The number of halogens is 1. The molecule has 4 aromatic rings. The van der Waals surface area contributed by atoms with Crippen LogP contribution in [-0.2, 0) is 11.3 Å². The Morgan fingerprint density at radius 2 is 1.89 bits per heavy atom. The van der Waals surface area contributed by atoms with Crippen molar-refractivity contribution in [3.05, 3.63) is 86.8 Å². The van der Waals surface area contributed by atoms with Crippen LogP contribution >= 0.6 is 11.3 Å². The smallest absolute Gasteiger partial charge is 0.258 e. The van der Waals surface area contributed by atoms with Crippen LogP contribution in [0.15, 0.2) is 52.8 Å². The molecule has 1 aromatic carbocycles. The number of carbonyl (C=O) groups excluding carboxylic acids is 1. The Labute approximate surface area is 205 Å². The largest absolute Gasteiger partial charge is 0.337 e. The topological polar surface area (TPSA) is 75.7 Å². The molecule has 1 aliphatic heterocycles. The van der Waals surface area contributed by atoms with Gasteiger partial charge in [0.25, 0.3) is 5.56 Å². The van der Waals surface area contributed by atoms with Gasteiger partial charge in [0.2, 0.25) is 5.91 Å². The van der Waals surface area contributed by atoms with Crippen molar-refractivity contribution in [2.24, 2.45) is 0 Å². The molecule has 8 nitrogen and oxygen atoms in total. The average molecular weight is 493 g/mol. The second kappa shape index (κ2) is 9.55. The van der Waals surface area contributed by atoms with E-state index < -0.39 is 0 Å². The van der Waals surface area contributed by atoms with E-state index in [1.807, 2.05) is 24.1 Å². The predicted molar refractivity (Wildman–Crippen MR) is 133 cm³/mol. The van der Waals surface area contributed by atoms with Crippen molar-refractivity contribution in [2.45, 2.75) is 20.4 Å². The van der Waals surface area contributed by atoms with Gasteiger partial charge in [0, 0.05) is 67.7 Å². The van der Waals surface area contributed by atoms with Gasteiger partial charge in [-0.3, -0.25) is 18.9 Å². The van der Waals surface area contributed by atoms with Crippen LogP contribution in [0.5, 0.6) is 0 Å². The molecule has 3 aromatic heterocycles. The van der Waals surface area contributed by atoms with Crippen LogP contribution in [0.25, 0.3) is 16.7 Å². The van der Waals surface area contributed by atoms with Crippen molar-refractivity contribution >= 4 is 28.3 Å². The summed E-state index contributed by atoms with van der Waals surface area (Å²) in [7, 11) is 0. The highest BCUT2D eigenvalue weighted by Crippen LogP contribution is 2.20. The molecule has 0 spiro atoms. The summed E-state index contributed by atoms with van der Waals surface area (Å²) in [5.41, 5.74) is 4.01. The van der Waals surface area contributed by atoms with Gasteiger partial charge in [-0.25, -0.2) is 14.1 Å².